The molecule has 2 bridgehead atoms. The van der Waals surface area contributed by atoms with Crippen molar-refractivity contribution in [2.45, 2.75) is 74.6 Å². The van der Waals surface area contributed by atoms with Crippen molar-refractivity contribution in [3.63, 3.8) is 0 Å². The second-order valence-electron chi connectivity index (χ2n) is 11.3. The SMILES string of the molecule is C=CCN(CCC)C(=O)[C@@H]1[C@@H]2CCC3(S2)C(C(=O)N(CC=C)C(C)C)N([C@@H](CO)Cc2ccccc2)C(=O)[C@H]13. The molecule has 0 saturated carbocycles. The molecule has 0 aliphatic carbocycles. The van der Waals surface area contributed by atoms with Crippen molar-refractivity contribution in [1.29, 1.82) is 0 Å². The zero-order valence-electron chi connectivity index (χ0n) is 23.5. The molecular weight excluding hydrogens is 510 g/mol. The van der Waals surface area contributed by atoms with E-state index < -0.39 is 28.7 Å². The highest BCUT2D eigenvalue weighted by atomic mass is 32.2. The summed E-state index contributed by atoms with van der Waals surface area (Å²) in [7, 11) is 0. The highest BCUT2D eigenvalue weighted by Crippen LogP contribution is 2.67. The van der Waals surface area contributed by atoms with Gasteiger partial charge in [-0.3, -0.25) is 14.4 Å². The molecule has 1 N–H and O–H groups in total. The molecule has 1 spiro atoms. The molecule has 0 radical (unpaired) electrons. The van der Waals surface area contributed by atoms with Crippen molar-refractivity contribution in [1.82, 2.24) is 14.7 Å². The van der Waals surface area contributed by atoms with E-state index in [4.69, 9.17) is 0 Å². The predicted molar refractivity (Wildman–Crippen MR) is 156 cm³/mol. The summed E-state index contributed by atoms with van der Waals surface area (Å²) in [5.41, 5.74) is 0.988. The zero-order valence-corrected chi connectivity index (χ0v) is 24.3. The highest BCUT2D eigenvalue weighted by molar-refractivity contribution is 8.02. The van der Waals surface area contributed by atoms with E-state index in [9.17, 15) is 19.5 Å². The average molecular weight is 554 g/mol. The van der Waals surface area contributed by atoms with Gasteiger partial charge in [-0.25, -0.2) is 0 Å². The predicted octanol–water partition coefficient (Wildman–Crippen LogP) is 3.53. The molecule has 3 aliphatic heterocycles. The maximum absolute atomic E-state index is 14.5. The number of fused-ring (bicyclic) bond motifs is 1. The molecule has 4 rings (SSSR count). The van der Waals surface area contributed by atoms with Crippen LogP contribution in [0.15, 0.2) is 55.6 Å². The Balaban J connectivity index is 1.79. The number of likely N-dealkylation sites (tertiary alicyclic amines) is 1. The van der Waals surface area contributed by atoms with Gasteiger partial charge in [0.25, 0.3) is 0 Å². The van der Waals surface area contributed by atoms with Crippen LogP contribution >= 0.6 is 11.8 Å². The lowest BCUT2D eigenvalue weighted by molar-refractivity contribution is -0.147. The van der Waals surface area contributed by atoms with Gasteiger partial charge in [-0.1, -0.05) is 49.4 Å². The van der Waals surface area contributed by atoms with Crippen LogP contribution < -0.4 is 0 Å². The first-order valence-electron chi connectivity index (χ1n) is 14.2. The largest absolute Gasteiger partial charge is 0.394 e. The first-order valence-corrected chi connectivity index (χ1v) is 15.1. The van der Waals surface area contributed by atoms with E-state index in [0.29, 0.717) is 32.5 Å². The van der Waals surface area contributed by atoms with Crippen LogP contribution in [0.4, 0.5) is 0 Å². The summed E-state index contributed by atoms with van der Waals surface area (Å²) >= 11 is 1.67. The maximum Gasteiger partial charge on any atom is 0.247 e. The Labute approximate surface area is 237 Å². The molecule has 0 aromatic heterocycles. The molecule has 7 nitrogen and oxygen atoms in total. The molecule has 2 unspecified atom stereocenters. The Hall–Kier alpha value is -2.58. The molecule has 3 saturated heterocycles. The Bertz CT molecular complexity index is 1080. The third-order valence-corrected chi connectivity index (χ3v) is 10.5. The molecule has 3 amide bonds. The minimum absolute atomic E-state index is 0.00155. The van der Waals surface area contributed by atoms with Gasteiger partial charge in [0.2, 0.25) is 17.7 Å². The summed E-state index contributed by atoms with van der Waals surface area (Å²) in [6, 6.07) is 8.35. The van der Waals surface area contributed by atoms with E-state index in [1.54, 1.807) is 33.7 Å². The number of aliphatic hydroxyl groups excluding tert-OH is 1. The summed E-state index contributed by atoms with van der Waals surface area (Å²) in [6.07, 6.45) is 6.19. The molecule has 39 heavy (non-hydrogen) atoms. The number of carbonyl (C=O) groups excluding carboxylic acids is 3. The van der Waals surface area contributed by atoms with Crippen LogP contribution in [-0.4, -0.2) is 91.9 Å². The van der Waals surface area contributed by atoms with Gasteiger partial charge in [0.05, 0.1) is 29.2 Å². The molecule has 1 aromatic carbocycles. The smallest absolute Gasteiger partial charge is 0.247 e. The van der Waals surface area contributed by atoms with Crippen LogP contribution in [-0.2, 0) is 20.8 Å². The van der Waals surface area contributed by atoms with Crippen molar-refractivity contribution in [2.24, 2.45) is 11.8 Å². The molecular formula is C31H43N3O4S. The van der Waals surface area contributed by atoms with Gasteiger partial charge in [0.1, 0.15) is 6.04 Å². The van der Waals surface area contributed by atoms with Crippen molar-refractivity contribution in [3.8, 4) is 0 Å². The monoisotopic (exact) mass is 553 g/mol. The average Bonchev–Trinajstić information content (AvgIpc) is 3.57. The highest BCUT2D eigenvalue weighted by Gasteiger charge is 2.74. The fourth-order valence-electron chi connectivity index (χ4n) is 6.96. The van der Waals surface area contributed by atoms with Gasteiger partial charge in [0, 0.05) is 30.9 Å². The van der Waals surface area contributed by atoms with E-state index in [0.717, 1.165) is 18.4 Å². The normalized spacial score (nSPS) is 27.9. The fourth-order valence-corrected chi connectivity index (χ4v) is 9.15. The molecule has 3 heterocycles. The number of benzene rings is 1. The van der Waals surface area contributed by atoms with E-state index in [2.05, 4.69) is 13.2 Å². The second kappa shape index (κ2) is 12.3. The maximum atomic E-state index is 14.5. The summed E-state index contributed by atoms with van der Waals surface area (Å²) in [4.78, 5) is 48.2. The van der Waals surface area contributed by atoms with Crippen LogP contribution in [0.25, 0.3) is 0 Å². The summed E-state index contributed by atoms with van der Waals surface area (Å²) in [6.45, 7) is 14.8. The van der Waals surface area contributed by atoms with Crippen molar-refractivity contribution in [2.75, 3.05) is 26.2 Å². The van der Waals surface area contributed by atoms with Gasteiger partial charge < -0.3 is 19.8 Å². The van der Waals surface area contributed by atoms with Gasteiger partial charge in [-0.2, -0.15) is 0 Å². The Morgan fingerprint density at radius 2 is 1.87 bits per heavy atom. The number of nitrogens with zero attached hydrogens (tertiary/aromatic N) is 3. The number of amides is 3. The molecule has 1 aromatic rings. The standard InChI is InChI=1S/C31H43N3O4S/c1-6-16-32(17-7-2)28(36)25-24-14-15-31(39-24)26(25)29(37)34(23(20-35)19-22-12-10-9-11-13-22)27(31)30(38)33(18-8-3)21(4)5/h6,8-13,21,23-27,35H,1,3,7,14-20H2,2,4-5H3/t23-,24+,25-,26+,27?,31?/m1/s1. The minimum atomic E-state index is -0.745. The Morgan fingerprint density at radius 3 is 2.46 bits per heavy atom. The molecule has 212 valence electrons. The summed E-state index contributed by atoms with van der Waals surface area (Å²) in [5.74, 6) is -1.38. The Kier molecular flexibility index (Phi) is 9.27. The molecule has 3 fully saturated rings. The summed E-state index contributed by atoms with van der Waals surface area (Å²) in [5, 5.41) is 10.6. The topological polar surface area (TPSA) is 81.2 Å². The van der Waals surface area contributed by atoms with Gasteiger partial charge in [-0.15, -0.1) is 24.9 Å². The lowest BCUT2D eigenvalue weighted by Gasteiger charge is -2.40. The van der Waals surface area contributed by atoms with Gasteiger partial charge in [0.15, 0.2) is 0 Å². The number of carbonyl (C=O) groups is 3. The Morgan fingerprint density at radius 1 is 1.18 bits per heavy atom. The lowest BCUT2D eigenvalue weighted by Crippen LogP contribution is -2.59. The van der Waals surface area contributed by atoms with Crippen molar-refractivity contribution >= 4 is 29.5 Å². The molecule has 6 atom stereocenters. The fraction of sp³-hybridized carbons (Fsp3) is 0.581. The summed E-state index contributed by atoms with van der Waals surface area (Å²) < 4.78 is -0.691. The van der Waals surface area contributed by atoms with Crippen LogP contribution in [0.3, 0.4) is 0 Å². The number of hydrogen-bond donors (Lipinski definition) is 1. The van der Waals surface area contributed by atoms with Crippen LogP contribution in [0.2, 0.25) is 0 Å². The van der Waals surface area contributed by atoms with Crippen LogP contribution in [0.5, 0.6) is 0 Å². The number of rotatable bonds is 13. The van der Waals surface area contributed by atoms with E-state index in [1.807, 2.05) is 56.0 Å². The molecule has 3 aliphatic rings. The van der Waals surface area contributed by atoms with Crippen molar-refractivity contribution < 1.29 is 19.5 Å². The number of hydrogen-bond acceptors (Lipinski definition) is 5. The van der Waals surface area contributed by atoms with E-state index >= 15 is 0 Å². The quantitative estimate of drug-likeness (QED) is 0.378. The van der Waals surface area contributed by atoms with E-state index in [1.165, 1.54) is 0 Å². The number of aliphatic hydroxyl groups is 1. The third-order valence-electron chi connectivity index (χ3n) is 8.56. The van der Waals surface area contributed by atoms with E-state index in [-0.39, 0.29) is 35.6 Å². The van der Waals surface area contributed by atoms with Crippen LogP contribution in [0.1, 0.15) is 45.6 Å². The third kappa shape index (κ3) is 5.18. The van der Waals surface area contributed by atoms with Gasteiger partial charge >= 0.3 is 0 Å². The lowest BCUT2D eigenvalue weighted by atomic mass is 9.70. The molecule has 8 heteroatoms. The minimum Gasteiger partial charge on any atom is -0.394 e. The first kappa shape index (κ1) is 29.4. The zero-order chi connectivity index (χ0) is 28.3. The second-order valence-corrected chi connectivity index (χ2v) is 12.9. The number of thioether (sulfide) groups is 1. The van der Waals surface area contributed by atoms with Gasteiger partial charge in [-0.05, 0) is 45.1 Å². The first-order chi connectivity index (χ1) is 18.7. The van der Waals surface area contributed by atoms with Crippen LogP contribution in [0, 0.1) is 11.8 Å². The van der Waals surface area contributed by atoms with Crippen molar-refractivity contribution in [3.05, 3.63) is 61.2 Å².